The Morgan fingerprint density at radius 2 is 2.15 bits per heavy atom. The highest BCUT2D eigenvalue weighted by molar-refractivity contribution is 7.98. The Kier molecular flexibility index (Phi) is 6.11. The average Bonchev–Trinajstić information content (AvgIpc) is 2.05. The Labute approximate surface area is 82.7 Å². The number of hydrogen-bond acceptors (Lipinski definition) is 4. The maximum Gasteiger partial charge on any atom is 0.323 e. The first-order chi connectivity index (χ1) is 6.04. The quantitative estimate of drug-likeness (QED) is 0.573. The smallest absolute Gasteiger partial charge is 0.323 e. The van der Waals surface area contributed by atoms with E-state index in [0.717, 1.165) is 5.75 Å². The molecule has 3 N–H and O–H groups in total. The second-order valence-corrected chi connectivity index (χ2v) is 3.94. The molecule has 0 aliphatic rings. The Bertz CT molecular complexity index is 165. The maximum atomic E-state index is 10.7. The number of carboxylic acid groups (broad SMARTS) is 1. The van der Waals surface area contributed by atoms with Gasteiger partial charge in [-0.2, -0.15) is 11.8 Å². The molecule has 78 valence electrons. The number of carbonyl (C=O) groups is 1. The lowest BCUT2D eigenvalue weighted by atomic mass is 10.00. The van der Waals surface area contributed by atoms with Crippen molar-refractivity contribution in [3.05, 3.63) is 0 Å². The van der Waals surface area contributed by atoms with Gasteiger partial charge < -0.3 is 15.5 Å². The van der Waals surface area contributed by atoms with E-state index in [1.54, 1.807) is 11.8 Å². The minimum absolute atomic E-state index is 0.0245. The van der Waals surface area contributed by atoms with E-state index in [1.165, 1.54) is 7.05 Å². The molecular formula is C8H17NO3S. The molecule has 0 amide bonds. The number of aliphatic carboxylic acids is 1. The van der Waals surface area contributed by atoms with Crippen LogP contribution in [-0.4, -0.2) is 47.4 Å². The minimum Gasteiger partial charge on any atom is -0.480 e. The molecule has 0 saturated carbocycles. The van der Waals surface area contributed by atoms with Crippen molar-refractivity contribution >= 4 is 17.7 Å². The molecule has 0 aromatic carbocycles. The summed E-state index contributed by atoms with van der Waals surface area (Å²) in [4.78, 5) is 10.7. The highest BCUT2D eigenvalue weighted by Crippen LogP contribution is 2.12. The molecule has 5 heteroatoms. The first-order valence-corrected chi connectivity index (χ1v) is 5.51. The lowest BCUT2D eigenvalue weighted by Crippen LogP contribution is -2.47. The number of aliphatic hydroxyl groups is 1. The highest BCUT2D eigenvalue weighted by Gasteiger charge is 2.28. The van der Waals surface area contributed by atoms with Crippen LogP contribution in [0.15, 0.2) is 0 Å². The second kappa shape index (κ2) is 6.23. The van der Waals surface area contributed by atoms with Crippen LogP contribution in [0.5, 0.6) is 0 Å². The predicted octanol–water partition coefficient (Wildman–Crippen LogP) is 0.0190. The number of nitrogens with one attached hydrogen (secondary N) is 1. The van der Waals surface area contributed by atoms with Gasteiger partial charge >= 0.3 is 5.97 Å². The number of thioether (sulfide) groups is 1. The number of aliphatic hydroxyl groups excluding tert-OH is 1. The van der Waals surface area contributed by atoms with Gasteiger partial charge in [0.1, 0.15) is 6.04 Å². The monoisotopic (exact) mass is 207 g/mol. The maximum absolute atomic E-state index is 10.7. The zero-order valence-electron chi connectivity index (χ0n) is 8.15. The van der Waals surface area contributed by atoms with Crippen molar-refractivity contribution in [2.75, 3.05) is 19.1 Å². The summed E-state index contributed by atoms with van der Waals surface area (Å²) in [6.07, 6.45) is 1.09. The number of rotatable bonds is 6. The fourth-order valence-electron chi connectivity index (χ4n) is 1.13. The van der Waals surface area contributed by atoms with E-state index >= 15 is 0 Å². The van der Waals surface area contributed by atoms with Crippen LogP contribution in [0, 0.1) is 5.92 Å². The fourth-order valence-corrected chi connectivity index (χ4v) is 1.85. The first kappa shape index (κ1) is 12.7. The first-order valence-electron chi connectivity index (χ1n) is 4.11. The lowest BCUT2D eigenvalue weighted by molar-refractivity contribution is -0.143. The summed E-state index contributed by atoms with van der Waals surface area (Å²) in [7, 11) is 1.54. The third-order valence-corrected chi connectivity index (χ3v) is 2.79. The van der Waals surface area contributed by atoms with Crippen LogP contribution in [0.1, 0.15) is 6.92 Å². The van der Waals surface area contributed by atoms with E-state index in [0.29, 0.717) is 0 Å². The van der Waals surface area contributed by atoms with Crippen LogP contribution in [0.2, 0.25) is 0 Å². The molecule has 0 aromatic heterocycles. The standard InChI is InChI=1S/C8H17NO3S/c1-5(4-13-3)7(10)6(9-2)8(11)12/h5-7,9-10H,4H2,1-3H3,(H,11,12)/t5?,6-,7+/m0/s1. The van der Waals surface area contributed by atoms with Gasteiger partial charge in [-0.3, -0.25) is 4.79 Å². The van der Waals surface area contributed by atoms with Gasteiger partial charge in [0.05, 0.1) is 6.10 Å². The van der Waals surface area contributed by atoms with E-state index in [-0.39, 0.29) is 5.92 Å². The highest BCUT2D eigenvalue weighted by atomic mass is 32.2. The SMILES string of the molecule is CN[C@H](C(=O)O)[C@H](O)C(C)CSC. The molecule has 0 aliphatic carbocycles. The number of hydrogen-bond donors (Lipinski definition) is 3. The molecule has 13 heavy (non-hydrogen) atoms. The van der Waals surface area contributed by atoms with E-state index in [9.17, 15) is 9.90 Å². The van der Waals surface area contributed by atoms with Gasteiger partial charge in [-0.05, 0) is 25.0 Å². The molecule has 0 spiro atoms. The molecule has 0 radical (unpaired) electrons. The van der Waals surface area contributed by atoms with Gasteiger partial charge in [0, 0.05) is 0 Å². The summed E-state index contributed by atoms with van der Waals surface area (Å²) in [5.74, 6) is -0.279. The Morgan fingerprint density at radius 1 is 1.62 bits per heavy atom. The fraction of sp³-hybridized carbons (Fsp3) is 0.875. The summed E-state index contributed by atoms with van der Waals surface area (Å²) >= 11 is 1.60. The summed E-state index contributed by atoms with van der Waals surface area (Å²) in [6, 6.07) is -0.873. The lowest BCUT2D eigenvalue weighted by Gasteiger charge is -2.23. The molecule has 4 nitrogen and oxygen atoms in total. The van der Waals surface area contributed by atoms with Gasteiger partial charge in [-0.15, -0.1) is 0 Å². The molecule has 0 saturated heterocycles. The molecule has 1 unspecified atom stereocenters. The van der Waals surface area contributed by atoms with Crippen LogP contribution < -0.4 is 5.32 Å². The molecular weight excluding hydrogens is 190 g/mol. The zero-order chi connectivity index (χ0) is 10.4. The van der Waals surface area contributed by atoms with Gasteiger partial charge in [-0.25, -0.2) is 0 Å². The van der Waals surface area contributed by atoms with Crippen molar-refractivity contribution in [3.63, 3.8) is 0 Å². The van der Waals surface area contributed by atoms with Crippen molar-refractivity contribution in [2.24, 2.45) is 5.92 Å². The largest absolute Gasteiger partial charge is 0.480 e. The number of carboxylic acids is 1. The molecule has 0 heterocycles. The third-order valence-electron chi connectivity index (χ3n) is 1.93. The molecule has 0 fully saturated rings. The van der Waals surface area contributed by atoms with Crippen molar-refractivity contribution in [2.45, 2.75) is 19.1 Å². The summed E-state index contributed by atoms with van der Waals surface area (Å²) in [6.45, 7) is 1.84. The Balaban J connectivity index is 4.18. The van der Waals surface area contributed by atoms with Gasteiger partial charge in [0.25, 0.3) is 0 Å². The average molecular weight is 207 g/mol. The molecule has 0 rings (SSSR count). The van der Waals surface area contributed by atoms with Crippen LogP contribution >= 0.6 is 11.8 Å². The van der Waals surface area contributed by atoms with Gasteiger partial charge in [0.15, 0.2) is 0 Å². The second-order valence-electron chi connectivity index (χ2n) is 3.03. The van der Waals surface area contributed by atoms with E-state index in [4.69, 9.17) is 5.11 Å². The van der Waals surface area contributed by atoms with Crippen LogP contribution in [0.4, 0.5) is 0 Å². The van der Waals surface area contributed by atoms with E-state index < -0.39 is 18.1 Å². The van der Waals surface area contributed by atoms with Crippen molar-refractivity contribution in [1.82, 2.24) is 5.32 Å². The Morgan fingerprint density at radius 3 is 2.46 bits per heavy atom. The molecule has 0 aromatic rings. The molecule has 0 aliphatic heterocycles. The minimum atomic E-state index is -1.01. The summed E-state index contributed by atoms with van der Waals surface area (Å²) in [5.41, 5.74) is 0. The van der Waals surface area contributed by atoms with Crippen molar-refractivity contribution < 1.29 is 15.0 Å². The topological polar surface area (TPSA) is 69.6 Å². The van der Waals surface area contributed by atoms with Crippen LogP contribution in [0.25, 0.3) is 0 Å². The summed E-state index contributed by atoms with van der Waals surface area (Å²) < 4.78 is 0. The van der Waals surface area contributed by atoms with Crippen LogP contribution in [-0.2, 0) is 4.79 Å². The normalized spacial score (nSPS) is 17.8. The third kappa shape index (κ3) is 3.97. The Hall–Kier alpha value is -0.260. The van der Waals surface area contributed by atoms with Crippen molar-refractivity contribution in [3.8, 4) is 0 Å². The predicted molar refractivity (Wildman–Crippen MR) is 54.0 cm³/mol. The zero-order valence-corrected chi connectivity index (χ0v) is 8.97. The molecule has 3 atom stereocenters. The van der Waals surface area contributed by atoms with Crippen molar-refractivity contribution in [1.29, 1.82) is 0 Å². The van der Waals surface area contributed by atoms with Gasteiger partial charge in [0.2, 0.25) is 0 Å². The van der Waals surface area contributed by atoms with E-state index in [2.05, 4.69) is 5.32 Å². The molecule has 0 bridgehead atoms. The summed E-state index contributed by atoms with van der Waals surface area (Å²) in [5, 5.41) is 20.9. The number of likely N-dealkylation sites (N-methyl/N-ethyl adjacent to an activating group) is 1. The van der Waals surface area contributed by atoms with Crippen LogP contribution in [0.3, 0.4) is 0 Å². The van der Waals surface area contributed by atoms with Gasteiger partial charge in [-0.1, -0.05) is 6.92 Å². The van der Waals surface area contributed by atoms with E-state index in [1.807, 2.05) is 13.2 Å².